The second kappa shape index (κ2) is 5.60. The molecule has 3 aromatic rings. The van der Waals surface area contributed by atoms with Gasteiger partial charge in [0.2, 0.25) is 0 Å². The first-order chi connectivity index (χ1) is 9.72. The molecule has 3 aromatic heterocycles. The molecule has 0 atom stereocenters. The highest BCUT2D eigenvalue weighted by Gasteiger charge is 2.10. The molecule has 20 heavy (non-hydrogen) atoms. The molecule has 0 amide bonds. The van der Waals surface area contributed by atoms with Gasteiger partial charge in [-0.15, -0.1) is 11.3 Å². The number of aromatic amines is 1. The molecule has 3 rings (SSSR count). The second-order valence-corrected chi connectivity index (χ2v) is 5.61. The normalized spacial score (nSPS) is 11.1. The minimum Gasteiger partial charge on any atom is -0.460 e. The Morgan fingerprint density at radius 3 is 2.90 bits per heavy atom. The van der Waals surface area contributed by atoms with Crippen LogP contribution in [0.15, 0.2) is 28.1 Å². The summed E-state index contributed by atoms with van der Waals surface area (Å²) in [5.74, 6) is 1.72. The van der Waals surface area contributed by atoms with Crippen LogP contribution in [-0.2, 0) is 13.1 Å². The van der Waals surface area contributed by atoms with E-state index < -0.39 is 0 Å². The molecule has 0 aliphatic rings. The largest absolute Gasteiger partial charge is 0.460 e. The van der Waals surface area contributed by atoms with Crippen molar-refractivity contribution in [3.8, 4) is 11.5 Å². The summed E-state index contributed by atoms with van der Waals surface area (Å²) in [5, 5.41) is 13.6. The molecular formula is C14H16N4OS. The van der Waals surface area contributed by atoms with Gasteiger partial charge in [0.25, 0.3) is 0 Å². The van der Waals surface area contributed by atoms with E-state index in [0.29, 0.717) is 0 Å². The van der Waals surface area contributed by atoms with Gasteiger partial charge in [0.15, 0.2) is 5.76 Å². The molecule has 0 aliphatic heterocycles. The summed E-state index contributed by atoms with van der Waals surface area (Å²) < 4.78 is 5.63. The SMILES string of the molecule is Cc1csc(CNCc2cn[nH]c2-c2ccc(C)o2)n1. The van der Waals surface area contributed by atoms with Gasteiger partial charge in [0, 0.05) is 29.7 Å². The van der Waals surface area contributed by atoms with E-state index in [4.69, 9.17) is 4.42 Å². The molecule has 0 radical (unpaired) electrons. The Morgan fingerprint density at radius 1 is 1.30 bits per heavy atom. The molecule has 0 aliphatic carbocycles. The molecule has 3 heterocycles. The van der Waals surface area contributed by atoms with Gasteiger partial charge in [-0.05, 0) is 26.0 Å². The molecule has 0 fully saturated rings. The summed E-state index contributed by atoms with van der Waals surface area (Å²) in [7, 11) is 0. The Bertz CT molecular complexity index is 697. The number of furan rings is 1. The van der Waals surface area contributed by atoms with Crippen LogP contribution in [-0.4, -0.2) is 15.2 Å². The zero-order valence-corrected chi connectivity index (χ0v) is 12.3. The van der Waals surface area contributed by atoms with Crippen LogP contribution in [0.25, 0.3) is 11.5 Å². The maximum absolute atomic E-state index is 5.63. The van der Waals surface area contributed by atoms with Crippen molar-refractivity contribution in [2.24, 2.45) is 0 Å². The van der Waals surface area contributed by atoms with E-state index in [0.717, 1.165) is 46.6 Å². The number of aryl methyl sites for hydroxylation is 2. The monoisotopic (exact) mass is 288 g/mol. The van der Waals surface area contributed by atoms with Crippen molar-refractivity contribution in [2.75, 3.05) is 0 Å². The summed E-state index contributed by atoms with van der Waals surface area (Å²) >= 11 is 1.68. The van der Waals surface area contributed by atoms with Crippen molar-refractivity contribution in [3.63, 3.8) is 0 Å². The second-order valence-electron chi connectivity index (χ2n) is 4.67. The van der Waals surface area contributed by atoms with Crippen molar-refractivity contribution in [1.82, 2.24) is 20.5 Å². The van der Waals surface area contributed by atoms with Gasteiger partial charge < -0.3 is 9.73 Å². The Balaban J connectivity index is 1.65. The molecule has 0 aromatic carbocycles. The maximum Gasteiger partial charge on any atom is 0.152 e. The lowest BCUT2D eigenvalue weighted by molar-refractivity contribution is 0.545. The number of hydrogen-bond acceptors (Lipinski definition) is 5. The van der Waals surface area contributed by atoms with Gasteiger partial charge in [-0.25, -0.2) is 4.98 Å². The van der Waals surface area contributed by atoms with Crippen molar-refractivity contribution < 1.29 is 4.42 Å². The van der Waals surface area contributed by atoms with Gasteiger partial charge >= 0.3 is 0 Å². The molecule has 5 nitrogen and oxygen atoms in total. The number of thiazole rings is 1. The van der Waals surface area contributed by atoms with Crippen LogP contribution in [0.4, 0.5) is 0 Å². The van der Waals surface area contributed by atoms with E-state index in [1.807, 2.05) is 32.2 Å². The fourth-order valence-corrected chi connectivity index (χ4v) is 2.76. The smallest absolute Gasteiger partial charge is 0.152 e. The van der Waals surface area contributed by atoms with E-state index in [1.165, 1.54) is 0 Å². The molecule has 0 spiro atoms. The maximum atomic E-state index is 5.63. The van der Waals surface area contributed by atoms with Crippen LogP contribution >= 0.6 is 11.3 Å². The highest BCUT2D eigenvalue weighted by Crippen LogP contribution is 2.23. The fraction of sp³-hybridized carbons (Fsp3) is 0.286. The van der Waals surface area contributed by atoms with Gasteiger partial charge in [0.1, 0.15) is 16.5 Å². The van der Waals surface area contributed by atoms with Crippen LogP contribution in [0.1, 0.15) is 22.0 Å². The third kappa shape index (κ3) is 2.81. The van der Waals surface area contributed by atoms with Crippen LogP contribution in [0.3, 0.4) is 0 Å². The van der Waals surface area contributed by atoms with Crippen LogP contribution in [0.2, 0.25) is 0 Å². The number of aromatic nitrogens is 3. The zero-order valence-electron chi connectivity index (χ0n) is 11.4. The molecular weight excluding hydrogens is 272 g/mol. The van der Waals surface area contributed by atoms with E-state index in [1.54, 1.807) is 11.3 Å². The van der Waals surface area contributed by atoms with Gasteiger partial charge in [-0.3, -0.25) is 5.10 Å². The third-order valence-electron chi connectivity index (χ3n) is 2.96. The highest BCUT2D eigenvalue weighted by atomic mass is 32.1. The first-order valence-electron chi connectivity index (χ1n) is 6.43. The number of H-pyrrole nitrogens is 1. The Labute approximate surface area is 121 Å². The molecule has 2 N–H and O–H groups in total. The quantitative estimate of drug-likeness (QED) is 0.757. The molecule has 0 unspecified atom stereocenters. The van der Waals surface area contributed by atoms with E-state index in [2.05, 4.69) is 25.9 Å². The van der Waals surface area contributed by atoms with Crippen LogP contribution in [0, 0.1) is 13.8 Å². The van der Waals surface area contributed by atoms with Gasteiger partial charge in [-0.1, -0.05) is 0 Å². The lowest BCUT2D eigenvalue weighted by Crippen LogP contribution is -2.12. The van der Waals surface area contributed by atoms with Crippen molar-refractivity contribution in [3.05, 3.63) is 45.7 Å². The van der Waals surface area contributed by atoms with E-state index in [9.17, 15) is 0 Å². The van der Waals surface area contributed by atoms with Crippen molar-refractivity contribution in [2.45, 2.75) is 26.9 Å². The summed E-state index contributed by atoms with van der Waals surface area (Å²) in [6.07, 6.45) is 1.83. The fourth-order valence-electron chi connectivity index (χ4n) is 2.02. The summed E-state index contributed by atoms with van der Waals surface area (Å²) in [4.78, 5) is 4.43. The molecule has 0 saturated heterocycles. The first-order valence-corrected chi connectivity index (χ1v) is 7.31. The average molecular weight is 288 g/mol. The lowest BCUT2D eigenvalue weighted by atomic mass is 10.2. The Morgan fingerprint density at radius 2 is 2.20 bits per heavy atom. The number of hydrogen-bond donors (Lipinski definition) is 2. The minimum atomic E-state index is 0.726. The average Bonchev–Trinajstić information content (AvgIpc) is 3.11. The highest BCUT2D eigenvalue weighted by molar-refractivity contribution is 7.09. The number of nitrogens with zero attached hydrogens (tertiary/aromatic N) is 2. The number of rotatable bonds is 5. The molecule has 104 valence electrons. The number of nitrogens with one attached hydrogen (secondary N) is 2. The van der Waals surface area contributed by atoms with Crippen LogP contribution < -0.4 is 5.32 Å². The molecule has 0 saturated carbocycles. The predicted octanol–water partition coefficient (Wildman–Crippen LogP) is 3.03. The van der Waals surface area contributed by atoms with Crippen LogP contribution in [0.5, 0.6) is 0 Å². The van der Waals surface area contributed by atoms with Gasteiger partial charge in [-0.2, -0.15) is 5.10 Å². The predicted molar refractivity (Wildman–Crippen MR) is 78.4 cm³/mol. The summed E-state index contributed by atoms with van der Waals surface area (Å²) in [6, 6.07) is 3.91. The van der Waals surface area contributed by atoms with Crippen molar-refractivity contribution >= 4 is 11.3 Å². The Hall–Kier alpha value is -1.92. The van der Waals surface area contributed by atoms with Gasteiger partial charge in [0.05, 0.1) is 6.20 Å². The topological polar surface area (TPSA) is 66.7 Å². The van der Waals surface area contributed by atoms with E-state index >= 15 is 0 Å². The first kappa shape index (κ1) is 13.1. The molecule has 6 heteroatoms. The standard InChI is InChI=1S/C14H16N4OS/c1-9-8-20-13(17-9)7-15-5-11-6-16-18-14(11)12-4-3-10(2)19-12/h3-4,6,8,15H,5,7H2,1-2H3,(H,16,18). The van der Waals surface area contributed by atoms with E-state index in [-0.39, 0.29) is 0 Å². The summed E-state index contributed by atoms with van der Waals surface area (Å²) in [6.45, 7) is 5.43. The molecule has 0 bridgehead atoms. The Kier molecular flexibility index (Phi) is 3.66. The minimum absolute atomic E-state index is 0.726. The summed E-state index contributed by atoms with van der Waals surface area (Å²) in [5.41, 5.74) is 3.09. The zero-order chi connectivity index (χ0) is 13.9. The lowest BCUT2D eigenvalue weighted by Gasteiger charge is -2.02. The third-order valence-corrected chi connectivity index (χ3v) is 3.93. The van der Waals surface area contributed by atoms with Crippen molar-refractivity contribution in [1.29, 1.82) is 0 Å².